The Morgan fingerprint density at radius 3 is 2.24 bits per heavy atom. The van der Waals surface area contributed by atoms with E-state index in [9.17, 15) is 4.79 Å². The van der Waals surface area contributed by atoms with E-state index in [1.807, 2.05) is 54.1 Å². The van der Waals surface area contributed by atoms with Crippen molar-refractivity contribution in [3.63, 3.8) is 0 Å². The quantitative estimate of drug-likeness (QED) is 0.470. The largest absolute Gasteiger partial charge is 0.493 e. The molecule has 1 amide bonds. The standard InChI is InChI=1S/C28H33N5O5/c1-18-26(28(31-11-13-38-14-12-31)33(29-18)21-9-7-6-8-10-21)23-17-22(30-32(23)19(2)34)20-15-24(35-3)27(37-5)25(16-20)36-4/h6-10,15-16,23H,11-14,17H2,1-5H3. The van der Waals surface area contributed by atoms with Gasteiger partial charge in [-0.3, -0.25) is 4.79 Å². The summed E-state index contributed by atoms with van der Waals surface area (Å²) in [4.78, 5) is 15.2. The molecule has 38 heavy (non-hydrogen) atoms. The summed E-state index contributed by atoms with van der Waals surface area (Å²) in [6, 6.07) is 13.5. The molecule has 10 heteroatoms. The highest BCUT2D eigenvalue weighted by Gasteiger charge is 2.38. The molecule has 2 aromatic carbocycles. The first-order chi connectivity index (χ1) is 18.5. The van der Waals surface area contributed by atoms with Gasteiger partial charge in [0, 0.05) is 37.6 Å². The molecule has 0 spiro atoms. The lowest BCUT2D eigenvalue weighted by Crippen LogP contribution is -2.38. The maximum atomic E-state index is 12.9. The monoisotopic (exact) mass is 519 g/mol. The Balaban J connectivity index is 1.61. The Morgan fingerprint density at radius 1 is 1.00 bits per heavy atom. The number of aromatic nitrogens is 2. The number of aryl methyl sites for hydroxylation is 1. The SMILES string of the molecule is COc1cc(C2=NN(C(C)=O)C(c3c(C)nn(-c4ccccc4)c3N3CCOCC3)C2)cc(OC)c1OC. The van der Waals surface area contributed by atoms with Gasteiger partial charge in [-0.05, 0) is 31.2 Å². The number of methoxy groups -OCH3 is 3. The molecule has 0 saturated carbocycles. The summed E-state index contributed by atoms with van der Waals surface area (Å²) in [6.45, 7) is 6.27. The van der Waals surface area contributed by atoms with E-state index in [0.717, 1.165) is 47.1 Å². The minimum absolute atomic E-state index is 0.141. The van der Waals surface area contributed by atoms with E-state index >= 15 is 0 Å². The van der Waals surface area contributed by atoms with Crippen LogP contribution in [0.1, 0.15) is 36.2 Å². The molecule has 2 aliphatic heterocycles. The van der Waals surface area contributed by atoms with Crippen LogP contribution in [0.25, 0.3) is 5.69 Å². The van der Waals surface area contributed by atoms with Crippen molar-refractivity contribution >= 4 is 17.4 Å². The van der Waals surface area contributed by atoms with Crippen LogP contribution < -0.4 is 19.1 Å². The Morgan fingerprint density at radius 2 is 1.66 bits per heavy atom. The van der Waals surface area contributed by atoms with Crippen LogP contribution in [0.5, 0.6) is 17.2 Å². The molecule has 5 rings (SSSR count). The molecular formula is C28H33N5O5. The lowest BCUT2D eigenvalue weighted by Gasteiger charge is -2.32. The highest BCUT2D eigenvalue weighted by atomic mass is 16.5. The lowest BCUT2D eigenvalue weighted by atomic mass is 9.97. The summed E-state index contributed by atoms with van der Waals surface area (Å²) >= 11 is 0. The summed E-state index contributed by atoms with van der Waals surface area (Å²) in [5.41, 5.74) is 4.35. The van der Waals surface area contributed by atoms with Gasteiger partial charge in [0.1, 0.15) is 5.82 Å². The number of carbonyl (C=O) groups excluding carboxylic acids is 1. The Bertz CT molecular complexity index is 1320. The lowest BCUT2D eigenvalue weighted by molar-refractivity contribution is -0.130. The number of ether oxygens (including phenoxy) is 4. The topological polar surface area (TPSA) is 90.7 Å². The number of nitrogens with zero attached hydrogens (tertiary/aromatic N) is 5. The minimum atomic E-state index is -0.322. The van der Waals surface area contributed by atoms with Crippen molar-refractivity contribution in [2.45, 2.75) is 26.3 Å². The molecule has 200 valence electrons. The van der Waals surface area contributed by atoms with Gasteiger partial charge in [0.2, 0.25) is 11.7 Å². The number of hydrogen-bond donors (Lipinski definition) is 0. The molecule has 1 unspecified atom stereocenters. The predicted molar refractivity (Wildman–Crippen MR) is 144 cm³/mol. The van der Waals surface area contributed by atoms with E-state index in [0.29, 0.717) is 36.9 Å². The van der Waals surface area contributed by atoms with Crippen molar-refractivity contribution in [3.8, 4) is 22.9 Å². The highest BCUT2D eigenvalue weighted by Crippen LogP contribution is 2.43. The van der Waals surface area contributed by atoms with Gasteiger partial charge in [-0.25, -0.2) is 9.69 Å². The zero-order valence-corrected chi connectivity index (χ0v) is 22.4. The van der Waals surface area contributed by atoms with Crippen molar-refractivity contribution in [1.29, 1.82) is 0 Å². The number of hydrazone groups is 1. The number of benzene rings is 2. The number of para-hydroxylation sites is 1. The van der Waals surface area contributed by atoms with Gasteiger partial charge in [0.05, 0.1) is 57.7 Å². The van der Waals surface area contributed by atoms with Crippen molar-refractivity contribution < 1.29 is 23.7 Å². The van der Waals surface area contributed by atoms with Gasteiger partial charge >= 0.3 is 0 Å². The van der Waals surface area contributed by atoms with E-state index < -0.39 is 0 Å². The molecule has 3 aromatic rings. The summed E-state index contributed by atoms with van der Waals surface area (Å²) < 4.78 is 24.2. The first-order valence-electron chi connectivity index (χ1n) is 12.6. The first kappa shape index (κ1) is 25.6. The zero-order valence-electron chi connectivity index (χ0n) is 22.4. The smallest absolute Gasteiger partial charge is 0.240 e. The molecule has 0 N–H and O–H groups in total. The van der Waals surface area contributed by atoms with Gasteiger partial charge in [-0.15, -0.1) is 0 Å². The van der Waals surface area contributed by atoms with Crippen LogP contribution in [0.3, 0.4) is 0 Å². The fourth-order valence-electron chi connectivity index (χ4n) is 5.19. The number of amides is 1. The second kappa shape index (κ2) is 10.7. The Labute approximate surface area is 222 Å². The van der Waals surface area contributed by atoms with Crippen LogP contribution in [0.2, 0.25) is 0 Å². The molecule has 1 saturated heterocycles. The third kappa shape index (κ3) is 4.56. The van der Waals surface area contributed by atoms with Crippen LogP contribution in [0, 0.1) is 6.92 Å². The van der Waals surface area contributed by atoms with Crippen LogP contribution >= 0.6 is 0 Å². The van der Waals surface area contributed by atoms with Gasteiger partial charge < -0.3 is 23.8 Å². The molecule has 1 atom stereocenters. The van der Waals surface area contributed by atoms with Crippen LogP contribution in [0.4, 0.5) is 5.82 Å². The van der Waals surface area contributed by atoms with E-state index in [1.165, 1.54) is 0 Å². The van der Waals surface area contributed by atoms with Gasteiger partial charge in [-0.1, -0.05) is 18.2 Å². The van der Waals surface area contributed by atoms with Crippen molar-refractivity contribution in [3.05, 3.63) is 59.3 Å². The third-order valence-corrected chi connectivity index (χ3v) is 6.96. The predicted octanol–water partition coefficient (Wildman–Crippen LogP) is 3.74. The number of anilines is 1. The van der Waals surface area contributed by atoms with Gasteiger partial charge in [0.15, 0.2) is 11.5 Å². The van der Waals surface area contributed by atoms with E-state index in [2.05, 4.69) is 4.90 Å². The van der Waals surface area contributed by atoms with Crippen LogP contribution in [0.15, 0.2) is 47.6 Å². The maximum absolute atomic E-state index is 12.9. The Kier molecular flexibility index (Phi) is 7.24. The van der Waals surface area contributed by atoms with Gasteiger partial charge in [-0.2, -0.15) is 10.2 Å². The number of hydrogen-bond acceptors (Lipinski definition) is 8. The van der Waals surface area contributed by atoms with E-state index in [4.69, 9.17) is 29.1 Å². The van der Waals surface area contributed by atoms with Gasteiger partial charge in [0.25, 0.3) is 0 Å². The zero-order chi connectivity index (χ0) is 26.8. The minimum Gasteiger partial charge on any atom is -0.493 e. The Hall–Kier alpha value is -4.05. The number of rotatable bonds is 7. The molecule has 0 bridgehead atoms. The number of morpholine rings is 1. The normalized spacial score (nSPS) is 17.4. The third-order valence-electron chi connectivity index (χ3n) is 6.96. The first-order valence-corrected chi connectivity index (χ1v) is 12.6. The summed E-state index contributed by atoms with van der Waals surface area (Å²) in [5, 5.41) is 11.3. The van der Waals surface area contributed by atoms with Crippen LogP contribution in [-0.4, -0.2) is 74.0 Å². The maximum Gasteiger partial charge on any atom is 0.240 e. The second-order valence-electron chi connectivity index (χ2n) is 9.21. The molecule has 1 aromatic heterocycles. The molecule has 1 fully saturated rings. The molecule has 2 aliphatic rings. The van der Waals surface area contributed by atoms with Crippen LogP contribution in [-0.2, 0) is 9.53 Å². The fourth-order valence-corrected chi connectivity index (χ4v) is 5.19. The molecular weight excluding hydrogens is 486 g/mol. The molecule has 3 heterocycles. The number of carbonyl (C=O) groups is 1. The summed E-state index contributed by atoms with van der Waals surface area (Å²) in [5.74, 6) is 2.40. The summed E-state index contributed by atoms with van der Waals surface area (Å²) in [6.07, 6.45) is 0.511. The average Bonchev–Trinajstić information content (AvgIpc) is 3.54. The summed E-state index contributed by atoms with van der Waals surface area (Å²) in [7, 11) is 4.73. The van der Waals surface area contributed by atoms with E-state index in [-0.39, 0.29) is 11.9 Å². The highest BCUT2D eigenvalue weighted by molar-refractivity contribution is 6.04. The van der Waals surface area contributed by atoms with E-state index in [1.54, 1.807) is 33.3 Å². The van der Waals surface area contributed by atoms with Crippen molar-refractivity contribution in [2.75, 3.05) is 52.5 Å². The van der Waals surface area contributed by atoms with Crippen molar-refractivity contribution in [1.82, 2.24) is 14.8 Å². The van der Waals surface area contributed by atoms with Crippen molar-refractivity contribution in [2.24, 2.45) is 5.10 Å². The average molecular weight is 520 g/mol. The molecule has 10 nitrogen and oxygen atoms in total. The molecule has 0 radical (unpaired) electrons. The second-order valence-corrected chi connectivity index (χ2v) is 9.21. The fraction of sp³-hybridized carbons (Fsp3) is 0.393. The molecule has 0 aliphatic carbocycles.